The van der Waals surface area contributed by atoms with Gasteiger partial charge in [-0.3, -0.25) is 0 Å². The first-order chi connectivity index (χ1) is 5.77. The van der Waals surface area contributed by atoms with Crippen LogP contribution in [0.1, 0.15) is 30.9 Å². The third-order valence-electron chi connectivity index (χ3n) is 2.60. The van der Waals surface area contributed by atoms with Crippen LogP contribution in [0.15, 0.2) is 16.5 Å². The second-order valence-corrected chi connectivity index (χ2v) is 3.65. The van der Waals surface area contributed by atoms with Crippen molar-refractivity contribution in [2.75, 3.05) is 6.54 Å². The molecule has 2 atom stereocenters. The van der Waals surface area contributed by atoms with Gasteiger partial charge in [0.1, 0.15) is 11.5 Å². The molecule has 0 radical (unpaired) electrons. The normalized spacial score (nSPS) is 29.5. The van der Waals surface area contributed by atoms with Crippen LogP contribution in [-0.2, 0) is 0 Å². The molecule has 0 aromatic carbocycles. The van der Waals surface area contributed by atoms with Crippen LogP contribution in [0.5, 0.6) is 0 Å². The van der Waals surface area contributed by atoms with Crippen molar-refractivity contribution in [1.29, 1.82) is 0 Å². The van der Waals surface area contributed by atoms with E-state index < -0.39 is 0 Å². The Bertz CT molecular complexity index is 267. The number of furan rings is 1. The molecule has 2 rings (SSSR count). The van der Waals surface area contributed by atoms with Crippen LogP contribution in [-0.4, -0.2) is 6.54 Å². The molecule has 1 aromatic rings. The molecule has 1 aromatic heterocycles. The van der Waals surface area contributed by atoms with Crippen molar-refractivity contribution >= 4 is 0 Å². The minimum Gasteiger partial charge on any atom is -0.465 e. The molecule has 2 heterocycles. The lowest BCUT2D eigenvalue weighted by atomic mass is 10.0. The molecule has 0 amide bonds. The van der Waals surface area contributed by atoms with Crippen LogP contribution < -0.4 is 5.32 Å². The van der Waals surface area contributed by atoms with Crippen LogP contribution in [0.3, 0.4) is 0 Å². The van der Waals surface area contributed by atoms with Gasteiger partial charge < -0.3 is 9.73 Å². The van der Waals surface area contributed by atoms with E-state index in [2.05, 4.69) is 18.3 Å². The third-order valence-corrected chi connectivity index (χ3v) is 2.60. The molecule has 0 saturated carbocycles. The van der Waals surface area contributed by atoms with Crippen molar-refractivity contribution in [3.63, 3.8) is 0 Å². The van der Waals surface area contributed by atoms with Crippen LogP contribution >= 0.6 is 0 Å². The summed E-state index contributed by atoms with van der Waals surface area (Å²) in [5.74, 6) is 2.80. The Hall–Kier alpha value is -0.760. The number of hydrogen-bond acceptors (Lipinski definition) is 2. The SMILES string of the molecule is Cc1ccc([C@H]2NCC[C@@H]2C)o1. The van der Waals surface area contributed by atoms with E-state index in [9.17, 15) is 0 Å². The summed E-state index contributed by atoms with van der Waals surface area (Å²) < 4.78 is 5.58. The first kappa shape index (κ1) is 7.87. The predicted molar refractivity (Wildman–Crippen MR) is 48.0 cm³/mol. The molecule has 0 unspecified atom stereocenters. The van der Waals surface area contributed by atoms with Gasteiger partial charge in [-0.05, 0) is 37.9 Å². The minimum absolute atomic E-state index is 0.443. The molecule has 0 bridgehead atoms. The van der Waals surface area contributed by atoms with Crippen molar-refractivity contribution in [3.05, 3.63) is 23.7 Å². The zero-order valence-corrected chi connectivity index (χ0v) is 7.63. The van der Waals surface area contributed by atoms with Gasteiger partial charge in [0, 0.05) is 0 Å². The molecule has 1 aliphatic heterocycles. The maximum atomic E-state index is 5.58. The molecule has 2 nitrogen and oxygen atoms in total. The minimum atomic E-state index is 0.443. The van der Waals surface area contributed by atoms with Gasteiger partial charge in [0.05, 0.1) is 6.04 Å². The van der Waals surface area contributed by atoms with E-state index in [0.29, 0.717) is 12.0 Å². The first-order valence-electron chi connectivity index (χ1n) is 4.57. The summed E-state index contributed by atoms with van der Waals surface area (Å²) in [7, 11) is 0. The van der Waals surface area contributed by atoms with Gasteiger partial charge in [0.15, 0.2) is 0 Å². The maximum absolute atomic E-state index is 5.58. The number of rotatable bonds is 1. The zero-order chi connectivity index (χ0) is 8.55. The molecule has 0 aliphatic carbocycles. The molecule has 12 heavy (non-hydrogen) atoms. The van der Waals surface area contributed by atoms with Gasteiger partial charge in [0.2, 0.25) is 0 Å². The van der Waals surface area contributed by atoms with E-state index in [1.165, 1.54) is 6.42 Å². The van der Waals surface area contributed by atoms with Gasteiger partial charge in [-0.15, -0.1) is 0 Å². The van der Waals surface area contributed by atoms with Gasteiger partial charge in [-0.1, -0.05) is 6.92 Å². The number of aryl methyl sites for hydroxylation is 1. The predicted octanol–water partition coefficient (Wildman–Crippen LogP) is 2.26. The van der Waals surface area contributed by atoms with Crippen LogP contribution in [0.4, 0.5) is 0 Å². The van der Waals surface area contributed by atoms with Crippen molar-refractivity contribution in [1.82, 2.24) is 5.32 Å². The van der Waals surface area contributed by atoms with Gasteiger partial charge in [-0.25, -0.2) is 0 Å². The lowest BCUT2D eigenvalue weighted by molar-refractivity contribution is 0.383. The summed E-state index contributed by atoms with van der Waals surface area (Å²) >= 11 is 0. The largest absolute Gasteiger partial charge is 0.465 e. The van der Waals surface area contributed by atoms with E-state index in [0.717, 1.165) is 18.1 Å². The highest BCUT2D eigenvalue weighted by Gasteiger charge is 2.26. The fraction of sp³-hybridized carbons (Fsp3) is 0.600. The van der Waals surface area contributed by atoms with E-state index in [1.54, 1.807) is 0 Å². The summed E-state index contributed by atoms with van der Waals surface area (Å²) in [6.45, 7) is 5.37. The summed E-state index contributed by atoms with van der Waals surface area (Å²) in [6.07, 6.45) is 1.25. The second-order valence-electron chi connectivity index (χ2n) is 3.65. The first-order valence-corrected chi connectivity index (χ1v) is 4.57. The molecular formula is C10H15NO. The Labute approximate surface area is 73.0 Å². The Morgan fingerprint density at radius 3 is 2.83 bits per heavy atom. The summed E-state index contributed by atoms with van der Waals surface area (Å²) in [6, 6.07) is 4.55. The lowest BCUT2D eigenvalue weighted by Gasteiger charge is -2.11. The quantitative estimate of drug-likeness (QED) is 0.690. The highest BCUT2D eigenvalue weighted by Crippen LogP contribution is 2.29. The van der Waals surface area contributed by atoms with E-state index in [4.69, 9.17) is 4.42 Å². The second kappa shape index (κ2) is 2.94. The van der Waals surface area contributed by atoms with Gasteiger partial charge in [-0.2, -0.15) is 0 Å². The standard InChI is InChI=1S/C10H15NO/c1-7-5-6-11-10(7)9-4-3-8(2)12-9/h3-4,7,10-11H,5-6H2,1-2H3/t7-,10-/m0/s1. The summed E-state index contributed by atoms with van der Waals surface area (Å²) in [5.41, 5.74) is 0. The van der Waals surface area contributed by atoms with Crippen molar-refractivity contribution in [3.8, 4) is 0 Å². The highest BCUT2D eigenvalue weighted by molar-refractivity contribution is 5.11. The topological polar surface area (TPSA) is 25.2 Å². The Morgan fingerprint density at radius 1 is 1.50 bits per heavy atom. The molecule has 1 N–H and O–H groups in total. The zero-order valence-electron chi connectivity index (χ0n) is 7.63. The number of hydrogen-bond donors (Lipinski definition) is 1. The molecule has 66 valence electrons. The fourth-order valence-corrected chi connectivity index (χ4v) is 1.84. The Kier molecular flexibility index (Phi) is 1.93. The number of nitrogens with one attached hydrogen (secondary N) is 1. The van der Waals surface area contributed by atoms with Crippen LogP contribution in [0, 0.1) is 12.8 Å². The van der Waals surface area contributed by atoms with E-state index in [1.807, 2.05) is 13.0 Å². The fourth-order valence-electron chi connectivity index (χ4n) is 1.84. The average Bonchev–Trinajstić information content (AvgIpc) is 2.58. The van der Waals surface area contributed by atoms with E-state index in [-0.39, 0.29) is 0 Å². The molecule has 1 fully saturated rings. The highest BCUT2D eigenvalue weighted by atomic mass is 16.3. The van der Waals surface area contributed by atoms with Crippen molar-refractivity contribution in [2.24, 2.45) is 5.92 Å². The van der Waals surface area contributed by atoms with E-state index >= 15 is 0 Å². The van der Waals surface area contributed by atoms with Crippen LogP contribution in [0.2, 0.25) is 0 Å². The lowest BCUT2D eigenvalue weighted by Crippen LogP contribution is -2.15. The summed E-state index contributed by atoms with van der Waals surface area (Å²) in [5, 5.41) is 3.44. The average molecular weight is 165 g/mol. The van der Waals surface area contributed by atoms with Gasteiger partial charge >= 0.3 is 0 Å². The maximum Gasteiger partial charge on any atom is 0.121 e. The van der Waals surface area contributed by atoms with Crippen molar-refractivity contribution in [2.45, 2.75) is 26.3 Å². The Morgan fingerprint density at radius 2 is 2.33 bits per heavy atom. The molecule has 2 heteroatoms. The van der Waals surface area contributed by atoms with Crippen molar-refractivity contribution < 1.29 is 4.42 Å². The third kappa shape index (κ3) is 1.27. The van der Waals surface area contributed by atoms with Gasteiger partial charge in [0.25, 0.3) is 0 Å². The molecule has 1 aliphatic rings. The molecule has 0 spiro atoms. The monoisotopic (exact) mass is 165 g/mol. The Balaban J connectivity index is 2.19. The summed E-state index contributed by atoms with van der Waals surface area (Å²) in [4.78, 5) is 0. The molecule has 1 saturated heterocycles. The molecular weight excluding hydrogens is 150 g/mol. The smallest absolute Gasteiger partial charge is 0.121 e. The van der Waals surface area contributed by atoms with Crippen LogP contribution in [0.25, 0.3) is 0 Å².